The Balaban J connectivity index is 2.17. The predicted molar refractivity (Wildman–Crippen MR) is 89.2 cm³/mol. The zero-order valence-electron chi connectivity index (χ0n) is 12.7. The second-order valence-electron chi connectivity index (χ2n) is 5.61. The van der Waals surface area contributed by atoms with E-state index in [9.17, 15) is 5.26 Å². The quantitative estimate of drug-likeness (QED) is 0.795. The van der Waals surface area contributed by atoms with Crippen LogP contribution in [0.15, 0.2) is 72.8 Å². The first-order valence-electron chi connectivity index (χ1n) is 7.80. The van der Waals surface area contributed by atoms with E-state index in [1.54, 1.807) is 0 Å². The highest BCUT2D eigenvalue weighted by Gasteiger charge is 2.40. The van der Waals surface area contributed by atoms with Gasteiger partial charge < -0.3 is 0 Å². The lowest BCUT2D eigenvalue weighted by molar-refractivity contribution is 0.191. The Morgan fingerprint density at radius 1 is 0.864 bits per heavy atom. The Hall–Kier alpha value is -2.37. The maximum absolute atomic E-state index is 10.2. The largest absolute Gasteiger partial charge is 0.274 e. The van der Waals surface area contributed by atoms with Crippen molar-refractivity contribution in [3.05, 3.63) is 83.9 Å². The van der Waals surface area contributed by atoms with Crippen LogP contribution in [0.4, 0.5) is 0 Å². The normalized spacial score (nSPS) is 16.0. The van der Waals surface area contributed by atoms with Crippen LogP contribution >= 0.6 is 0 Å². The molecule has 0 aromatic heterocycles. The van der Waals surface area contributed by atoms with Crippen LogP contribution in [0, 0.1) is 11.3 Å². The monoisotopic (exact) mass is 288 g/mol. The summed E-state index contributed by atoms with van der Waals surface area (Å²) in [5.41, 5.74) is 1.36. The third kappa shape index (κ3) is 2.56. The van der Waals surface area contributed by atoms with E-state index in [0.717, 1.165) is 37.1 Å². The van der Waals surface area contributed by atoms with Gasteiger partial charge in [-0.1, -0.05) is 72.8 Å². The molecule has 0 radical (unpaired) electrons. The molecule has 1 heterocycles. The maximum atomic E-state index is 10.2. The summed E-state index contributed by atoms with van der Waals surface area (Å²) in [4.78, 5) is 2.29. The molecule has 3 rings (SSSR count). The summed E-state index contributed by atoms with van der Waals surface area (Å²) in [6.07, 6.45) is 6.57. The third-order valence-electron chi connectivity index (χ3n) is 4.31. The summed E-state index contributed by atoms with van der Waals surface area (Å²) in [5, 5.41) is 10.2. The van der Waals surface area contributed by atoms with Crippen molar-refractivity contribution in [3.8, 4) is 6.07 Å². The highest BCUT2D eigenvalue weighted by molar-refractivity contribution is 5.45. The molecule has 1 aliphatic heterocycles. The van der Waals surface area contributed by atoms with E-state index in [1.807, 2.05) is 36.4 Å². The van der Waals surface area contributed by atoms with Gasteiger partial charge in [0.15, 0.2) is 5.54 Å². The first kappa shape index (κ1) is 14.6. The molecule has 110 valence electrons. The van der Waals surface area contributed by atoms with Crippen molar-refractivity contribution < 1.29 is 0 Å². The molecule has 0 bridgehead atoms. The average Bonchev–Trinajstić information content (AvgIpc) is 2.88. The van der Waals surface area contributed by atoms with Gasteiger partial charge in [-0.25, -0.2) is 0 Å². The molecule has 0 N–H and O–H groups in total. The molecule has 0 amide bonds. The first-order chi connectivity index (χ1) is 10.9. The molecule has 0 atom stereocenters. The molecule has 22 heavy (non-hydrogen) atoms. The fraction of sp³-hybridized carbons (Fsp3) is 0.250. The minimum absolute atomic E-state index is 0.725. The number of rotatable bonds is 3. The van der Waals surface area contributed by atoms with Crippen LogP contribution in [-0.4, -0.2) is 18.0 Å². The number of benzene rings is 2. The second-order valence-corrected chi connectivity index (χ2v) is 5.61. The van der Waals surface area contributed by atoms with Crippen molar-refractivity contribution in [2.75, 3.05) is 13.1 Å². The SMILES string of the molecule is N#CC(c1ccccc1)(c1ccccc1)N1CC=CCCC1. The van der Waals surface area contributed by atoms with E-state index in [4.69, 9.17) is 0 Å². The minimum Gasteiger partial charge on any atom is -0.274 e. The van der Waals surface area contributed by atoms with Gasteiger partial charge >= 0.3 is 0 Å². The Kier molecular flexibility index (Phi) is 4.37. The van der Waals surface area contributed by atoms with Gasteiger partial charge in [-0.15, -0.1) is 0 Å². The van der Waals surface area contributed by atoms with Gasteiger partial charge in [-0.05, 0) is 24.0 Å². The van der Waals surface area contributed by atoms with E-state index >= 15 is 0 Å². The van der Waals surface area contributed by atoms with Crippen LogP contribution in [0.2, 0.25) is 0 Å². The van der Waals surface area contributed by atoms with Crippen LogP contribution in [0.25, 0.3) is 0 Å². The Morgan fingerprint density at radius 2 is 1.45 bits per heavy atom. The summed E-state index contributed by atoms with van der Waals surface area (Å²) in [5.74, 6) is 0. The molecule has 1 aliphatic rings. The lowest BCUT2D eigenvalue weighted by Gasteiger charge is -2.38. The summed E-state index contributed by atoms with van der Waals surface area (Å²) < 4.78 is 0. The lowest BCUT2D eigenvalue weighted by atomic mass is 9.82. The van der Waals surface area contributed by atoms with Gasteiger partial charge in [0.05, 0.1) is 6.07 Å². The van der Waals surface area contributed by atoms with Crippen molar-refractivity contribution in [1.29, 1.82) is 5.26 Å². The first-order valence-corrected chi connectivity index (χ1v) is 7.80. The zero-order valence-corrected chi connectivity index (χ0v) is 12.7. The fourth-order valence-electron chi connectivity index (χ4n) is 3.21. The Bertz CT molecular complexity index is 628. The molecule has 0 unspecified atom stereocenters. The fourth-order valence-corrected chi connectivity index (χ4v) is 3.21. The summed E-state index contributed by atoms with van der Waals surface area (Å²) in [6, 6.07) is 22.9. The van der Waals surface area contributed by atoms with Crippen LogP contribution in [0.3, 0.4) is 0 Å². The Labute approximate surface area is 132 Å². The van der Waals surface area contributed by atoms with Crippen molar-refractivity contribution in [2.24, 2.45) is 0 Å². The van der Waals surface area contributed by atoms with E-state index < -0.39 is 5.54 Å². The van der Waals surface area contributed by atoms with Crippen LogP contribution in [0.1, 0.15) is 24.0 Å². The molecule has 2 nitrogen and oxygen atoms in total. The van der Waals surface area contributed by atoms with E-state index in [2.05, 4.69) is 47.4 Å². The number of nitriles is 1. The number of allylic oxidation sites excluding steroid dienone is 1. The predicted octanol–water partition coefficient (Wildman–Crippen LogP) is 4.11. The van der Waals surface area contributed by atoms with Gasteiger partial charge in [0.1, 0.15) is 0 Å². The average molecular weight is 288 g/mol. The molecule has 0 saturated heterocycles. The smallest absolute Gasteiger partial charge is 0.160 e. The van der Waals surface area contributed by atoms with Crippen LogP contribution in [-0.2, 0) is 5.54 Å². The highest BCUT2D eigenvalue weighted by atomic mass is 15.2. The number of hydrogen-bond donors (Lipinski definition) is 0. The van der Waals surface area contributed by atoms with Crippen molar-refractivity contribution in [2.45, 2.75) is 18.4 Å². The van der Waals surface area contributed by atoms with Gasteiger partial charge in [0.2, 0.25) is 0 Å². The summed E-state index contributed by atoms with van der Waals surface area (Å²) in [7, 11) is 0. The van der Waals surface area contributed by atoms with Gasteiger partial charge in [-0.2, -0.15) is 5.26 Å². The van der Waals surface area contributed by atoms with Gasteiger partial charge in [-0.3, -0.25) is 4.90 Å². The minimum atomic E-state index is -0.725. The molecule has 0 aliphatic carbocycles. The standard InChI is InChI=1S/C20H20N2/c21-17-20(18-11-5-3-6-12-18,19-13-7-4-8-14-19)22-15-9-1-2-10-16-22/h1,3-9,11-14H,2,10,15-16H2. The maximum Gasteiger partial charge on any atom is 0.160 e. The van der Waals surface area contributed by atoms with E-state index in [1.165, 1.54) is 0 Å². The lowest BCUT2D eigenvalue weighted by Crippen LogP contribution is -2.46. The highest BCUT2D eigenvalue weighted by Crippen LogP contribution is 2.36. The number of hydrogen-bond acceptors (Lipinski definition) is 2. The van der Waals surface area contributed by atoms with Crippen LogP contribution in [0.5, 0.6) is 0 Å². The molecule has 2 aromatic rings. The molecular weight excluding hydrogens is 268 g/mol. The zero-order chi connectivity index (χ0) is 15.3. The van der Waals surface area contributed by atoms with E-state index in [0.29, 0.717) is 0 Å². The Morgan fingerprint density at radius 3 is 2.00 bits per heavy atom. The van der Waals surface area contributed by atoms with Crippen LogP contribution < -0.4 is 0 Å². The van der Waals surface area contributed by atoms with E-state index in [-0.39, 0.29) is 0 Å². The van der Waals surface area contributed by atoms with Gasteiger partial charge in [0.25, 0.3) is 0 Å². The molecule has 0 saturated carbocycles. The van der Waals surface area contributed by atoms with Crippen molar-refractivity contribution in [1.82, 2.24) is 4.90 Å². The number of nitrogens with zero attached hydrogens (tertiary/aromatic N) is 2. The summed E-state index contributed by atoms with van der Waals surface area (Å²) in [6.45, 7) is 1.72. The second kappa shape index (κ2) is 6.60. The summed E-state index contributed by atoms with van der Waals surface area (Å²) >= 11 is 0. The molecular formula is C20H20N2. The third-order valence-corrected chi connectivity index (χ3v) is 4.31. The molecule has 0 fully saturated rings. The van der Waals surface area contributed by atoms with Gasteiger partial charge in [0, 0.05) is 13.1 Å². The topological polar surface area (TPSA) is 27.0 Å². The molecule has 0 spiro atoms. The van der Waals surface area contributed by atoms with Crippen molar-refractivity contribution in [3.63, 3.8) is 0 Å². The molecule has 2 heteroatoms. The molecule has 2 aromatic carbocycles. The van der Waals surface area contributed by atoms with Crippen molar-refractivity contribution >= 4 is 0 Å².